The fourth-order valence-corrected chi connectivity index (χ4v) is 2.68. The average molecular weight is 408 g/mol. The van der Waals surface area contributed by atoms with Crippen LogP contribution in [0.2, 0.25) is 10.0 Å². The van der Waals surface area contributed by atoms with E-state index in [-0.39, 0.29) is 24.6 Å². The van der Waals surface area contributed by atoms with Gasteiger partial charge in [0.1, 0.15) is 0 Å². The number of nitrogens with one attached hydrogen (secondary N) is 1. The number of carboxylic acid groups (broad SMARTS) is 1. The highest BCUT2D eigenvalue weighted by Gasteiger charge is 2.09. The Morgan fingerprint density at radius 3 is 2.52 bits per heavy atom. The molecule has 0 unspecified atom stereocenters. The van der Waals surface area contributed by atoms with Gasteiger partial charge >= 0.3 is 5.97 Å². The van der Waals surface area contributed by atoms with Gasteiger partial charge in [0.05, 0.1) is 16.6 Å². The second-order valence-electron chi connectivity index (χ2n) is 5.71. The van der Waals surface area contributed by atoms with Crippen LogP contribution in [0.4, 0.5) is 5.82 Å². The number of carbonyl (C=O) groups excluding carboxylic acids is 1. The summed E-state index contributed by atoms with van der Waals surface area (Å²) in [5.74, 6) is -0.931. The monoisotopic (exact) mass is 407 g/mol. The van der Waals surface area contributed by atoms with Crippen LogP contribution in [0.5, 0.6) is 0 Å². The highest BCUT2D eigenvalue weighted by Crippen LogP contribution is 2.23. The van der Waals surface area contributed by atoms with Crippen LogP contribution in [0.1, 0.15) is 22.5 Å². The van der Waals surface area contributed by atoms with E-state index >= 15 is 0 Å². The van der Waals surface area contributed by atoms with Crippen molar-refractivity contribution in [2.24, 2.45) is 0 Å². The zero-order chi connectivity index (χ0) is 19.4. The van der Waals surface area contributed by atoms with E-state index in [1.54, 1.807) is 29.1 Å². The number of carbonyl (C=O) groups is 2. The molecule has 0 saturated carbocycles. The minimum absolute atomic E-state index is 0.0588. The Hall–Kier alpha value is -2.84. The summed E-state index contributed by atoms with van der Waals surface area (Å²) in [6.07, 6.45) is 3.40. The van der Waals surface area contributed by atoms with Crippen molar-refractivity contribution in [1.82, 2.24) is 19.6 Å². The average Bonchev–Trinajstić information content (AvgIpc) is 3.26. The molecule has 3 aromatic rings. The molecule has 0 spiro atoms. The van der Waals surface area contributed by atoms with Crippen molar-refractivity contribution in [3.05, 3.63) is 64.0 Å². The number of hydrogen-bond donors (Lipinski definition) is 2. The fraction of sp³-hybridized carbons (Fsp3) is 0.176. The van der Waals surface area contributed by atoms with E-state index in [1.807, 2.05) is 6.07 Å². The van der Waals surface area contributed by atoms with Gasteiger partial charge in [-0.2, -0.15) is 10.2 Å². The number of anilines is 1. The molecule has 0 aliphatic heterocycles. The summed E-state index contributed by atoms with van der Waals surface area (Å²) in [5.41, 5.74) is 0.870. The second-order valence-corrected chi connectivity index (χ2v) is 6.53. The molecule has 0 aliphatic carbocycles. The lowest BCUT2D eigenvalue weighted by Gasteiger charge is -2.04. The molecular weight excluding hydrogens is 393 g/mol. The van der Waals surface area contributed by atoms with Gasteiger partial charge in [-0.3, -0.25) is 14.2 Å². The van der Waals surface area contributed by atoms with Gasteiger partial charge in [-0.05, 0) is 23.8 Å². The van der Waals surface area contributed by atoms with Crippen molar-refractivity contribution in [2.75, 3.05) is 5.32 Å². The molecule has 1 aromatic carbocycles. The smallest absolute Gasteiger partial charge is 0.356 e. The molecule has 140 valence electrons. The van der Waals surface area contributed by atoms with E-state index in [2.05, 4.69) is 15.5 Å². The first-order chi connectivity index (χ1) is 12.9. The number of amides is 1. The minimum Gasteiger partial charge on any atom is -0.476 e. The predicted molar refractivity (Wildman–Crippen MR) is 100 cm³/mol. The summed E-state index contributed by atoms with van der Waals surface area (Å²) in [6.45, 7) is 0.751. The molecular formula is C17H15Cl2N5O3. The zero-order valence-electron chi connectivity index (χ0n) is 14.0. The maximum Gasteiger partial charge on any atom is 0.356 e. The van der Waals surface area contributed by atoms with E-state index in [9.17, 15) is 9.59 Å². The van der Waals surface area contributed by atoms with Crippen molar-refractivity contribution in [3.8, 4) is 0 Å². The molecule has 0 radical (unpaired) electrons. The van der Waals surface area contributed by atoms with Gasteiger partial charge in [-0.15, -0.1) is 0 Å². The predicted octanol–water partition coefficient (Wildman–Crippen LogP) is 3.16. The summed E-state index contributed by atoms with van der Waals surface area (Å²) in [5, 5.41) is 20.6. The first-order valence-electron chi connectivity index (χ1n) is 7.95. The lowest BCUT2D eigenvalue weighted by Crippen LogP contribution is -2.15. The summed E-state index contributed by atoms with van der Waals surface area (Å²) >= 11 is 11.9. The third-order valence-corrected chi connectivity index (χ3v) is 4.40. The molecule has 0 atom stereocenters. The van der Waals surface area contributed by atoms with Crippen LogP contribution in [0.25, 0.3) is 0 Å². The van der Waals surface area contributed by atoms with E-state index in [0.717, 1.165) is 5.56 Å². The molecule has 3 rings (SSSR count). The maximum atomic E-state index is 12.0. The van der Waals surface area contributed by atoms with Gasteiger partial charge in [0.2, 0.25) is 5.91 Å². The van der Waals surface area contributed by atoms with Gasteiger partial charge in [-0.1, -0.05) is 29.3 Å². The molecule has 8 nitrogen and oxygen atoms in total. The molecule has 0 aliphatic rings. The molecule has 0 fully saturated rings. The maximum absolute atomic E-state index is 12.0. The number of hydrogen-bond acceptors (Lipinski definition) is 4. The number of nitrogens with zero attached hydrogens (tertiary/aromatic N) is 4. The normalized spacial score (nSPS) is 10.7. The Balaban J connectivity index is 1.52. The van der Waals surface area contributed by atoms with Gasteiger partial charge in [-0.25, -0.2) is 4.79 Å². The Labute approximate surface area is 164 Å². The van der Waals surface area contributed by atoms with E-state index in [1.165, 1.54) is 16.9 Å². The zero-order valence-corrected chi connectivity index (χ0v) is 15.5. The summed E-state index contributed by atoms with van der Waals surface area (Å²) < 4.78 is 3.08. The largest absolute Gasteiger partial charge is 0.476 e. The second kappa shape index (κ2) is 8.24. The van der Waals surface area contributed by atoms with Crippen molar-refractivity contribution < 1.29 is 14.7 Å². The number of rotatable bonds is 7. The first kappa shape index (κ1) is 18.9. The molecule has 10 heteroatoms. The lowest BCUT2D eigenvalue weighted by molar-refractivity contribution is -0.116. The van der Waals surface area contributed by atoms with Crippen LogP contribution in [-0.4, -0.2) is 36.5 Å². The molecule has 0 saturated heterocycles. The summed E-state index contributed by atoms with van der Waals surface area (Å²) in [6, 6.07) is 8.40. The topological polar surface area (TPSA) is 102 Å². The lowest BCUT2D eigenvalue weighted by atomic mass is 10.2. The molecule has 2 aromatic heterocycles. The first-order valence-corrected chi connectivity index (χ1v) is 8.70. The van der Waals surface area contributed by atoms with Crippen LogP contribution >= 0.6 is 23.2 Å². The number of aryl methyl sites for hydroxylation is 1. The molecule has 2 heterocycles. The quantitative estimate of drug-likeness (QED) is 0.625. The van der Waals surface area contributed by atoms with Crippen molar-refractivity contribution in [2.45, 2.75) is 19.5 Å². The number of halogens is 2. The molecule has 1 amide bonds. The highest BCUT2D eigenvalue weighted by molar-refractivity contribution is 6.42. The van der Waals surface area contributed by atoms with E-state index in [0.29, 0.717) is 22.4 Å². The van der Waals surface area contributed by atoms with Crippen LogP contribution in [0.15, 0.2) is 42.7 Å². The van der Waals surface area contributed by atoms with E-state index < -0.39 is 5.97 Å². The Kier molecular flexibility index (Phi) is 5.78. The van der Waals surface area contributed by atoms with Gasteiger partial charge in [0.25, 0.3) is 0 Å². The highest BCUT2D eigenvalue weighted by atomic mass is 35.5. The van der Waals surface area contributed by atoms with Gasteiger partial charge in [0.15, 0.2) is 11.5 Å². The van der Waals surface area contributed by atoms with Crippen LogP contribution in [0, 0.1) is 0 Å². The minimum atomic E-state index is -1.11. The van der Waals surface area contributed by atoms with Gasteiger partial charge < -0.3 is 10.4 Å². The number of benzene rings is 1. The van der Waals surface area contributed by atoms with Crippen molar-refractivity contribution in [3.63, 3.8) is 0 Å². The molecule has 2 N–H and O–H groups in total. The van der Waals surface area contributed by atoms with E-state index in [4.69, 9.17) is 28.3 Å². The van der Waals surface area contributed by atoms with Crippen LogP contribution in [0.3, 0.4) is 0 Å². The Morgan fingerprint density at radius 2 is 1.81 bits per heavy atom. The third-order valence-electron chi connectivity index (χ3n) is 3.66. The number of aromatic carboxylic acids is 1. The van der Waals surface area contributed by atoms with Crippen molar-refractivity contribution in [1.29, 1.82) is 0 Å². The fourth-order valence-electron chi connectivity index (χ4n) is 2.36. The number of carboxylic acids is 1. The van der Waals surface area contributed by atoms with Crippen molar-refractivity contribution >= 4 is 40.9 Å². The van der Waals surface area contributed by atoms with Gasteiger partial charge in [0, 0.05) is 31.4 Å². The SMILES string of the molecule is O=C(CCn1ccc(C(=O)O)n1)Nc1ccn(Cc2ccc(Cl)c(Cl)c2)n1. The Morgan fingerprint density at radius 1 is 1.04 bits per heavy atom. The van der Waals surface area contributed by atoms with Crippen LogP contribution in [-0.2, 0) is 17.9 Å². The number of aromatic nitrogens is 4. The third kappa shape index (κ3) is 5.08. The molecule has 27 heavy (non-hydrogen) atoms. The summed E-state index contributed by atoms with van der Waals surface area (Å²) in [4.78, 5) is 22.8. The standard InChI is InChI=1S/C17H15Cl2N5O3/c18-12-2-1-11(9-13(12)19)10-24-7-4-15(22-24)20-16(25)5-8-23-6-3-14(21-23)17(26)27/h1-4,6-7,9H,5,8,10H2,(H,26,27)(H,20,22,25). The summed E-state index contributed by atoms with van der Waals surface area (Å²) in [7, 11) is 0. The van der Waals surface area contributed by atoms with Crippen LogP contribution < -0.4 is 5.32 Å². The molecule has 0 bridgehead atoms. The Bertz CT molecular complexity index is 983.